The predicted molar refractivity (Wildman–Crippen MR) is 108 cm³/mol. The molecule has 2 aromatic carbocycles. The van der Waals surface area contributed by atoms with Gasteiger partial charge in [-0.3, -0.25) is 4.57 Å². The molecule has 4 rings (SSSR count). The summed E-state index contributed by atoms with van der Waals surface area (Å²) in [6.45, 7) is 7.04. The lowest BCUT2D eigenvalue weighted by molar-refractivity contribution is 0.0544. The van der Waals surface area contributed by atoms with Crippen molar-refractivity contribution in [2.45, 2.75) is 44.2 Å². The van der Waals surface area contributed by atoms with Crippen molar-refractivity contribution in [3.05, 3.63) is 54.0 Å². The van der Waals surface area contributed by atoms with Crippen LogP contribution in [0.2, 0.25) is 0 Å². The number of halogens is 1. The number of ether oxygens (including phenoxy) is 1. The maximum absolute atomic E-state index is 13.9. The Labute approximate surface area is 168 Å². The average molecular weight is 416 g/mol. The SMILES string of the molecule is CC1NS(=O)(=O)c2ccc(-c3cn(C(=O)OC(C)(C)C)c4cc(F)ccc34)cc21. The maximum Gasteiger partial charge on any atom is 0.419 e. The molecule has 0 fully saturated rings. The van der Waals surface area contributed by atoms with E-state index in [0.29, 0.717) is 22.0 Å². The number of carbonyl (C=O) groups is 1. The minimum absolute atomic E-state index is 0.246. The van der Waals surface area contributed by atoms with Crippen molar-refractivity contribution in [2.24, 2.45) is 0 Å². The minimum Gasteiger partial charge on any atom is -0.443 e. The third kappa shape index (κ3) is 3.42. The van der Waals surface area contributed by atoms with Crippen LogP contribution in [-0.2, 0) is 14.8 Å². The molecule has 6 nitrogen and oxygen atoms in total. The molecular weight excluding hydrogens is 395 g/mol. The molecule has 1 aromatic heterocycles. The number of benzene rings is 2. The second kappa shape index (κ2) is 6.40. The van der Waals surface area contributed by atoms with Gasteiger partial charge in [0.25, 0.3) is 0 Å². The number of hydrogen-bond acceptors (Lipinski definition) is 4. The lowest BCUT2D eigenvalue weighted by Crippen LogP contribution is -2.26. The molecule has 29 heavy (non-hydrogen) atoms. The number of carbonyl (C=O) groups excluding carboxylic acids is 1. The number of sulfonamides is 1. The Balaban J connectivity index is 1.90. The van der Waals surface area contributed by atoms with Crippen molar-refractivity contribution < 1.29 is 22.3 Å². The molecule has 0 aliphatic carbocycles. The Hall–Kier alpha value is -2.71. The zero-order valence-corrected chi connectivity index (χ0v) is 17.3. The molecule has 0 spiro atoms. The minimum atomic E-state index is -3.51. The molecule has 8 heteroatoms. The Bertz CT molecular complexity index is 1260. The number of fused-ring (bicyclic) bond motifs is 2. The van der Waals surface area contributed by atoms with E-state index in [1.54, 1.807) is 58.2 Å². The zero-order valence-electron chi connectivity index (χ0n) is 16.5. The third-order valence-electron chi connectivity index (χ3n) is 4.77. The van der Waals surface area contributed by atoms with Crippen molar-refractivity contribution in [3.63, 3.8) is 0 Å². The molecule has 0 amide bonds. The summed E-state index contributed by atoms with van der Waals surface area (Å²) in [7, 11) is -3.51. The van der Waals surface area contributed by atoms with Crippen molar-refractivity contribution in [1.29, 1.82) is 0 Å². The first-order valence-electron chi connectivity index (χ1n) is 9.17. The van der Waals surface area contributed by atoms with Crippen molar-refractivity contribution in [1.82, 2.24) is 9.29 Å². The maximum atomic E-state index is 13.9. The summed E-state index contributed by atoms with van der Waals surface area (Å²) < 4.78 is 47.6. The highest BCUT2D eigenvalue weighted by atomic mass is 32.2. The van der Waals surface area contributed by atoms with Gasteiger partial charge in [-0.1, -0.05) is 6.07 Å². The van der Waals surface area contributed by atoms with E-state index >= 15 is 0 Å². The quantitative estimate of drug-likeness (QED) is 0.630. The van der Waals surface area contributed by atoms with Crippen molar-refractivity contribution >= 4 is 27.0 Å². The fraction of sp³-hybridized carbons (Fsp3) is 0.286. The zero-order chi connectivity index (χ0) is 21.1. The van der Waals surface area contributed by atoms with Gasteiger partial charge in [-0.05, 0) is 69.2 Å². The fourth-order valence-electron chi connectivity index (χ4n) is 3.55. The first-order valence-corrected chi connectivity index (χ1v) is 10.7. The Morgan fingerprint density at radius 1 is 1.17 bits per heavy atom. The standard InChI is InChI=1S/C21H21FN2O4S/c1-12-16-9-13(5-8-19(16)29(26,27)23-12)17-11-24(20(25)28-21(2,3)4)18-10-14(22)6-7-15(17)18/h5-12,23H,1-4H3. The molecule has 0 saturated heterocycles. The molecule has 2 heterocycles. The van der Waals surface area contributed by atoms with E-state index in [9.17, 15) is 17.6 Å². The van der Waals surface area contributed by atoms with E-state index in [1.165, 1.54) is 16.7 Å². The number of nitrogens with one attached hydrogen (secondary N) is 1. The molecule has 152 valence electrons. The summed E-state index contributed by atoms with van der Waals surface area (Å²) in [5, 5.41) is 0.665. The lowest BCUT2D eigenvalue weighted by Gasteiger charge is -2.19. The molecule has 3 aromatic rings. The van der Waals surface area contributed by atoms with E-state index in [-0.39, 0.29) is 10.9 Å². The largest absolute Gasteiger partial charge is 0.443 e. The lowest BCUT2D eigenvalue weighted by atomic mass is 10.00. The number of nitrogens with zero attached hydrogens (tertiary/aromatic N) is 1. The number of rotatable bonds is 1. The van der Waals surface area contributed by atoms with Crippen LogP contribution in [0, 0.1) is 5.82 Å². The molecule has 1 aliphatic heterocycles. The molecule has 0 radical (unpaired) electrons. The highest BCUT2D eigenvalue weighted by molar-refractivity contribution is 7.89. The van der Waals surface area contributed by atoms with Gasteiger partial charge >= 0.3 is 6.09 Å². The van der Waals surface area contributed by atoms with Crippen LogP contribution in [0.1, 0.15) is 39.3 Å². The van der Waals surface area contributed by atoms with Gasteiger partial charge in [0.05, 0.1) is 10.4 Å². The van der Waals surface area contributed by atoms with Crippen LogP contribution in [0.15, 0.2) is 47.5 Å². The van der Waals surface area contributed by atoms with Gasteiger partial charge in [0.15, 0.2) is 0 Å². The van der Waals surface area contributed by atoms with Crippen LogP contribution in [0.25, 0.3) is 22.0 Å². The molecule has 0 saturated carbocycles. The van der Waals surface area contributed by atoms with Crippen LogP contribution in [0.4, 0.5) is 9.18 Å². The van der Waals surface area contributed by atoms with Gasteiger partial charge in [0.2, 0.25) is 10.0 Å². The number of hydrogen-bond donors (Lipinski definition) is 1. The van der Waals surface area contributed by atoms with Gasteiger partial charge in [0.1, 0.15) is 11.4 Å². The Morgan fingerprint density at radius 3 is 2.59 bits per heavy atom. The van der Waals surface area contributed by atoms with E-state index in [1.807, 2.05) is 0 Å². The summed E-state index contributed by atoms with van der Waals surface area (Å²) >= 11 is 0. The molecule has 1 aliphatic rings. The first kappa shape index (κ1) is 19.6. The number of aromatic nitrogens is 1. The van der Waals surface area contributed by atoms with Crippen LogP contribution >= 0.6 is 0 Å². The van der Waals surface area contributed by atoms with Gasteiger partial charge in [-0.15, -0.1) is 0 Å². The van der Waals surface area contributed by atoms with Crippen molar-refractivity contribution in [2.75, 3.05) is 0 Å². The Kier molecular flexibility index (Phi) is 4.32. The summed E-state index contributed by atoms with van der Waals surface area (Å²) in [6.07, 6.45) is 0.986. The van der Waals surface area contributed by atoms with E-state index < -0.39 is 27.5 Å². The van der Waals surface area contributed by atoms with Crippen LogP contribution in [0.3, 0.4) is 0 Å². The summed E-state index contributed by atoms with van der Waals surface area (Å²) in [4.78, 5) is 12.9. The molecular formula is C21H21FN2O4S. The van der Waals surface area contributed by atoms with E-state index in [2.05, 4.69) is 4.72 Å². The molecule has 1 unspecified atom stereocenters. The van der Waals surface area contributed by atoms with Gasteiger partial charge in [-0.25, -0.2) is 22.3 Å². The fourth-order valence-corrected chi connectivity index (χ4v) is 5.06. The highest BCUT2D eigenvalue weighted by Gasteiger charge is 2.31. The molecule has 0 bridgehead atoms. The van der Waals surface area contributed by atoms with E-state index in [0.717, 1.165) is 5.56 Å². The third-order valence-corrected chi connectivity index (χ3v) is 6.38. The second-order valence-electron chi connectivity index (χ2n) is 8.15. The second-order valence-corrected chi connectivity index (χ2v) is 9.83. The van der Waals surface area contributed by atoms with Crippen LogP contribution in [0.5, 0.6) is 0 Å². The van der Waals surface area contributed by atoms with E-state index in [4.69, 9.17) is 4.74 Å². The molecule has 1 N–H and O–H groups in total. The topological polar surface area (TPSA) is 77.4 Å². The van der Waals surface area contributed by atoms with Crippen LogP contribution in [-0.4, -0.2) is 24.7 Å². The highest BCUT2D eigenvalue weighted by Crippen LogP contribution is 2.37. The van der Waals surface area contributed by atoms with Gasteiger partial charge < -0.3 is 4.74 Å². The normalized spacial score (nSPS) is 18.0. The first-order chi connectivity index (χ1) is 13.5. The summed E-state index contributed by atoms with van der Waals surface area (Å²) in [6, 6.07) is 8.89. The van der Waals surface area contributed by atoms with Crippen LogP contribution < -0.4 is 4.72 Å². The summed E-state index contributed by atoms with van der Waals surface area (Å²) in [5.41, 5.74) is 1.75. The van der Waals surface area contributed by atoms with Crippen molar-refractivity contribution in [3.8, 4) is 11.1 Å². The Morgan fingerprint density at radius 2 is 1.90 bits per heavy atom. The summed E-state index contributed by atoms with van der Waals surface area (Å²) in [5.74, 6) is -0.468. The predicted octanol–water partition coefficient (Wildman–Crippen LogP) is 4.58. The molecule has 1 atom stereocenters. The average Bonchev–Trinajstić information content (AvgIpc) is 3.08. The monoisotopic (exact) mass is 416 g/mol. The van der Waals surface area contributed by atoms with Gasteiger partial charge in [-0.2, -0.15) is 0 Å². The smallest absolute Gasteiger partial charge is 0.419 e. The van der Waals surface area contributed by atoms with Gasteiger partial charge in [0, 0.05) is 23.2 Å².